The van der Waals surface area contributed by atoms with Crippen molar-refractivity contribution in [3.63, 3.8) is 0 Å². The van der Waals surface area contributed by atoms with Gasteiger partial charge in [0.25, 0.3) is 0 Å². The molecule has 0 saturated heterocycles. The van der Waals surface area contributed by atoms with Gasteiger partial charge in [-0.25, -0.2) is 4.79 Å². The van der Waals surface area contributed by atoms with Crippen LogP contribution < -0.4 is 11.1 Å². The van der Waals surface area contributed by atoms with Gasteiger partial charge in [-0.05, 0) is 19.4 Å². The summed E-state index contributed by atoms with van der Waals surface area (Å²) in [7, 11) is 0. The molecule has 0 aromatic rings. The van der Waals surface area contributed by atoms with Crippen molar-refractivity contribution in [2.75, 3.05) is 12.3 Å². The Balaban J connectivity index is 3.55. The van der Waals surface area contributed by atoms with E-state index in [1.54, 1.807) is 0 Å². The highest BCUT2D eigenvalue weighted by atomic mass is 32.1. The third-order valence-electron chi connectivity index (χ3n) is 2.42. The molecule has 0 spiro atoms. The van der Waals surface area contributed by atoms with Crippen molar-refractivity contribution >= 4 is 24.5 Å². The van der Waals surface area contributed by atoms with Gasteiger partial charge >= 0.3 is 5.97 Å². The molecule has 0 fully saturated rings. The molecule has 4 N–H and O–H groups in total. The van der Waals surface area contributed by atoms with Crippen LogP contribution in [0.25, 0.3) is 0 Å². The fourth-order valence-electron chi connectivity index (χ4n) is 1.41. The third kappa shape index (κ3) is 9.00. The molecule has 0 saturated carbocycles. The number of unbranched alkanes of at least 4 members (excludes halogenated alkanes) is 4. The minimum absolute atomic E-state index is 0.109. The Hall–Kier alpha value is -0.750. The second-order valence-electron chi connectivity index (χ2n) is 3.95. The van der Waals surface area contributed by atoms with Crippen LogP contribution in [-0.4, -0.2) is 35.3 Å². The lowest BCUT2D eigenvalue weighted by Gasteiger charge is -2.11. The van der Waals surface area contributed by atoms with Gasteiger partial charge in [-0.15, -0.1) is 0 Å². The van der Waals surface area contributed by atoms with Gasteiger partial charge in [-0.3, -0.25) is 4.79 Å². The van der Waals surface area contributed by atoms with Crippen molar-refractivity contribution < 1.29 is 14.7 Å². The lowest BCUT2D eigenvalue weighted by Crippen LogP contribution is -2.42. The highest BCUT2D eigenvalue weighted by Crippen LogP contribution is 2.05. The van der Waals surface area contributed by atoms with Gasteiger partial charge in [-0.1, -0.05) is 19.3 Å². The first-order valence-corrected chi connectivity index (χ1v) is 6.58. The first kappa shape index (κ1) is 16.2. The first-order chi connectivity index (χ1) is 8.11. The zero-order valence-corrected chi connectivity index (χ0v) is 10.9. The van der Waals surface area contributed by atoms with Crippen LogP contribution >= 0.6 is 12.6 Å². The standard InChI is InChI=1S/C11H22N2O3S/c12-7-5-3-1-2-4-6-10(14)13-9(8-17)11(15)16/h9,17H,1-8,12H2,(H,13,14)(H,15,16). The quantitative estimate of drug-likeness (QED) is 0.346. The molecule has 6 heteroatoms. The Kier molecular flexibility index (Phi) is 9.95. The molecule has 1 atom stereocenters. The van der Waals surface area contributed by atoms with Crippen LogP contribution in [0, 0.1) is 0 Å². The maximum Gasteiger partial charge on any atom is 0.327 e. The maximum absolute atomic E-state index is 11.4. The summed E-state index contributed by atoms with van der Waals surface area (Å²) in [6.45, 7) is 0.711. The number of carboxylic acid groups (broad SMARTS) is 1. The smallest absolute Gasteiger partial charge is 0.327 e. The Morgan fingerprint density at radius 1 is 1.18 bits per heavy atom. The van der Waals surface area contributed by atoms with E-state index in [0.29, 0.717) is 13.0 Å². The predicted octanol–water partition coefficient (Wildman–Crippen LogP) is 0.785. The highest BCUT2D eigenvalue weighted by Gasteiger charge is 2.17. The fourth-order valence-corrected chi connectivity index (χ4v) is 1.66. The van der Waals surface area contributed by atoms with Gasteiger partial charge in [0.2, 0.25) is 5.91 Å². The van der Waals surface area contributed by atoms with Gasteiger partial charge in [0, 0.05) is 12.2 Å². The number of aliphatic carboxylic acids is 1. The number of nitrogens with one attached hydrogen (secondary N) is 1. The number of rotatable bonds is 10. The van der Waals surface area contributed by atoms with Gasteiger partial charge in [0.1, 0.15) is 6.04 Å². The molecule has 0 aromatic heterocycles. The summed E-state index contributed by atoms with van der Waals surface area (Å²) in [5.74, 6) is -1.15. The van der Waals surface area contributed by atoms with Gasteiger partial charge in [0.15, 0.2) is 0 Å². The summed E-state index contributed by atoms with van der Waals surface area (Å²) >= 11 is 3.87. The SMILES string of the molecule is NCCCCCCCC(=O)NC(CS)C(=O)O. The average molecular weight is 262 g/mol. The third-order valence-corrected chi connectivity index (χ3v) is 2.79. The molecule has 0 aliphatic heterocycles. The van der Waals surface area contributed by atoms with Crippen LogP contribution in [0.1, 0.15) is 38.5 Å². The van der Waals surface area contributed by atoms with E-state index in [2.05, 4.69) is 17.9 Å². The number of carboxylic acids is 1. The van der Waals surface area contributed by atoms with E-state index in [0.717, 1.165) is 32.1 Å². The number of carbonyl (C=O) groups excluding carboxylic acids is 1. The second kappa shape index (κ2) is 10.4. The van der Waals surface area contributed by atoms with E-state index in [4.69, 9.17) is 10.8 Å². The molecule has 0 bridgehead atoms. The van der Waals surface area contributed by atoms with E-state index >= 15 is 0 Å². The van der Waals surface area contributed by atoms with Crippen molar-refractivity contribution in [2.45, 2.75) is 44.6 Å². The topological polar surface area (TPSA) is 92.4 Å². The van der Waals surface area contributed by atoms with E-state index < -0.39 is 12.0 Å². The van der Waals surface area contributed by atoms with Crippen molar-refractivity contribution in [3.05, 3.63) is 0 Å². The Morgan fingerprint density at radius 3 is 2.29 bits per heavy atom. The zero-order valence-electron chi connectivity index (χ0n) is 10.0. The highest BCUT2D eigenvalue weighted by molar-refractivity contribution is 7.80. The van der Waals surface area contributed by atoms with Crippen molar-refractivity contribution in [1.82, 2.24) is 5.32 Å². The molecule has 100 valence electrons. The van der Waals surface area contributed by atoms with Gasteiger partial charge in [0.05, 0.1) is 0 Å². The summed E-state index contributed by atoms with van der Waals surface area (Å²) in [4.78, 5) is 22.0. The van der Waals surface area contributed by atoms with Gasteiger partial charge in [-0.2, -0.15) is 12.6 Å². The molecule has 0 aliphatic rings. The fraction of sp³-hybridized carbons (Fsp3) is 0.818. The molecular formula is C11H22N2O3S. The zero-order chi connectivity index (χ0) is 13.1. The summed E-state index contributed by atoms with van der Waals surface area (Å²) < 4.78 is 0. The molecule has 0 rings (SSSR count). The molecular weight excluding hydrogens is 240 g/mol. The Labute approximate surface area is 108 Å². The molecule has 1 unspecified atom stereocenters. The average Bonchev–Trinajstić information content (AvgIpc) is 2.30. The lowest BCUT2D eigenvalue weighted by molar-refractivity contribution is -0.141. The van der Waals surface area contributed by atoms with E-state index in [1.807, 2.05) is 0 Å². The number of amides is 1. The van der Waals surface area contributed by atoms with Crippen LogP contribution in [0.15, 0.2) is 0 Å². The molecule has 0 aliphatic carbocycles. The van der Waals surface area contributed by atoms with E-state index in [9.17, 15) is 9.59 Å². The summed E-state index contributed by atoms with van der Waals surface area (Å²) in [6, 6.07) is -0.886. The monoisotopic (exact) mass is 262 g/mol. The van der Waals surface area contributed by atoms with Crippen molar-refractivity contribution in [3.8, 4) is 0 Å². The molecule has 0 heterocycles. The number of carbonyl (C=O) groups is 2. The number of nitrogens with two attached hydrogens (primary N) is 1. The van der Waals surface area contributed by atoms with Crippen LogP contribution in [0.2, 0.25) is 0 Å². The van der Waals surface area contributed by atoms with Crippen LogP contribution in [0.4, 0.5) is 0 Å². The summed E-state index contributed by atoms with van der Waals surface area (Å²) in [5, 5.41) is 11.1. The Bertz CT molecular complexity index is 237. The van der Waals surface area contributed by atoms with E-state index in [1.165, 1.54) is 0 Å². The van der Waals surface area contributed by atoms with Crippen LogP contribution in [-0.2, 0) is 9.59 Å². The normalized spacial score (nSPS) is 12.1. The number of hydrogen-bond donors (Lipinski definition) is 4. The van der Waals surface area contributed by atoms with Crippen LogP contribution in [0.5, 0.6) is 0 Å². The maximum atomic E-state index is 11.4. The molecule has 1 amide bonds. The lowest BCUT2D eigenvalue weighted by atomic mass is 10.1. The minimum Gasteiger partial charge on any atom is -0.480 e. The van der Waals surface area contributed by atoms with E-state index in [-0.39, 0.29) is 11.7 Å². The predicted molar refractivity (Wildman–Crippen MR) is 70.2 cm³/mol. The van der Waals surface area contributed by atoms with Crippen LogP contribution in [0.3, 0.4) is 0 Å². The first-order valence-electron chi connectivity index (χ1n) is 5.95. The van der Waals surface area contributed by atoms with Gasteiger partial charge < -0.3 is 16.2 Å². The van der Waals surface area contributed by atoms with Crippen molar-refractivity contribution in [2.24, 2.45) is 5.73 Å². The molecule has 0 radical (unpaired) electrons. The minimum atomic E-state index is -1.05. The Morgan fingerprint density at radius 2 is 1.76 bits per heavy atom. The summed E-state index contributed by atoms with van der Waals surface area (Å²) in [5.41, 5.74) is 5.36. The van der Waals surface area contributed by atoms with Crippen molar-refractivity contribution in [1.29, 1.82) is 0 Å². The molecule has 0 aromatic carbocycles. The molecule has 5 nitrogen and oxygen atoms in total. The second-order valence-corrected chi connectivity index (χ2v) is 4.31. The molecule has 17 heavy (non-hydrogen) atoms. The number of thiol groups is 1. The number of hydrogen-bond acceptors (Lipinski definition) is 4. The largest absolute Gasteiger partial charge is 0.480 e. The summed E-state index contributed by atoms with van der Waals surface area (Å²) in [6.07, 6.45) is 5.32.